The van der Waals surface area contributed by atoms with E-state index < -0.39 is 0 Å². The molecule has 9 heteroatoms. The molecule has 166 valence electrons. The molecule has 0 unspecified atom stereocenters. The van der Waals surface area contributed by atoms with Gasteiger partial charge in [-0.3, -0.25) is 5.10 Å². The number of rotatable bonds is 5. The topological polar surface area (TPSA) is 110 Å². The van der Waals surface area contributed by atoms with Crippen molar-refractivity contribution < 1.29 is 0 Å². The van der Waals surface area contributed by atoms with Gasteiger partial charge in [-0.2, -0.15) is 5.10 Å². The number of aromatic amines is 1. The monoisotopic (exact) mass is 431 g/mol. The molecule has 32 heavy (non-hydrogen) atoms. The van der Waals surface area contributed by atoms with Crippen LogP contribution in [0.3, 0.4) is 0 Å². The van der Waals surface area contributed by atoms with Crippen molar-refractivity contribution in [2.45, 2.75) is 71.9 Å². The number of hydrogen-bond acceptors (Lipinski definition) is 7. The van der Waals surface area contributed by atoms with Gasteiger partial charge in [0.2, 0.25) is 0 Å². The summed E-state index contributed by atoms with van der Waals surface area (Å²) in [5, 5.41) is 11.6. The molecule has 0 aromatic carbocycles. The highest BCUT2D eigenvalue weighted by Crippen LogP contribution is 2.35. The zero-order chi connectivity index (χ0) is 22.5. The molecule has 1 aliphatic rings. The van der Waals surface area contributed by atoms with E-state index in [4.69, 9.17) is 4.98 Å². The fourth-order valence-corrected chi connectivity index (χ4v) is 4.63. The van der Waals surface area contributed by atoms with Gasteiger partial charge in [0.1, 0.15) is 18.0 Å². The first-order chi connectivity index (χ1) is 15.4. The van der Waals surface area contributed by atoms with Gasteiger partial charge in [0, 0.05) is 30.2 Å². The maximum Gasteiger partial charge on any atom is 0.165 e. The number of hydrogen-bond donors (Lipinski definition) is 2. The predicted octanol–water partition coefficient (Wildman–Crippen LogP) is 3.82. The van der Waals surface area contributed by atoms with E-state index in [1.807, 2.05) is 19.3 Å². The Bertz CT molecular complexity index is 1270. The van der Waals surface area contributed by atoms with Gasteiger partial charge in [0.05, 0.1) is 11.3 Å². The van der Waals surface area contributed by atoms with E-state index in [-0.39, 0.29) is 5.54 Å². The van der Waals surface area contributed by atoms with E-state index in [0.717, 1.165) is 65.7 Å². The second-order valence-electron chi connectivity index (χ2n) is 9.18. The van der Waals surface area contributed by atoms with E-state index in [9.17, 15) is 0 Å². The van der Waals surface area contributed by atoms with Crippen LogP contribution in [0.1, 0.15) is 62.8 Å². The van der Waals surface area contributed by atoms with Gasteiger partial charge >= 0.3 is 0 Å². The lowest BCUT2D eigenvalue weighted by atomic mass is 9.80. The van der Waals surface area contributed by atoms with Gasteiger partial charge < -0.3 is 9.88 Å². The number of nitrogens with zero attached hydrogens (tertiary/aromatic N) is 7. The maximum atomic E-state index is 4.94. The second kappa shape index (κ2) is 7.65. The first-order valence-electron chi connectivity index (χ1n) is 11.2. The van der Waals surface area contributed by atoms with Crippen LogP contribution in [0, 0.1) is 6.92 Å². The van der Waals surface area contributed by atoms with Gasteiger partial charge in [-0.15, -0.1) is 0 Å². The molecule has 0 fully saturated rings. The van der Waals surface area contributed by atoms with Crippen LogP contribution in [0.4, 0.5) is 5.82 Å². The summed E-state index contributed by atoms with van der Waals surface area (Å²) in [6.07, 6.45) is 8.08. The number of imidazole rings is 1. The molecule has 4 aromatic rings. The third-order valence-electron chi connectivity index (χ3n) is 6.33. The van der Waals surface area contributed by atoms with Gasteiger partial charge in [-0.05, 0) is 51.5 Å². The summed E-state index contributed by atoms with van der Waals surface area (Å²) in [5.74, 6) is 2.69. The molecule has 9 nitrogen and oxygen atoms in total. The van der Waals surface area contributed by atoms with Gasteiger partial charge in [-0.25, -0.2) is 24.9 Å². The average Bonchev–Trinajstić information content (AvgIpc) is 3.35. The van der Waals surface area contributed by atoms with Crippen molar-refractivity contribution in [2.75, 3.05) is 5.32 Å². The summed E-state index contributed by atoms with van der Waals surface area (Å²) in [7, 11) is 0. The smallest absolute Gasteiger partial charge is 0.165 e. The lowest BCUT2D eigenvalue weighted by molar-refractivity contribution is 0.440. The summed E-state index contributed by atoms with van der Waals surface area (Å²) in [4.78, 5) is 22.8. The van der Waals surface area contributed by atoms with Crippen molar-refractivity contribution in [1.29, 1.82) is 0 Å². The normalized spacial score (nSPS) is 18.3. The fraction of sp³-hybridized carbons (Fsp3) is 0.478. The van der Waals surface area contributed by atoms with Crippen molar-refractivity contribution in [1.82, 2.24) is 39.7 Å². The molecule has 1 atom stereocenters. The number of aromatic nitrogens is 8. The Hall–Kier alpha value is -3.36. The minimum atomic E-state index is -0.148. The minimum Gasteiger partial charge on any atom is -0.363 e. The molecular formula is C23H29N9. The molecule has 0 spiro atoms. The van der Waals surface area contributed by atoms with Crippen LogP contribution in [-0.4, -0.2) is 45.2 Å². The van der Waals surface area contributed by atoms with Crippen LogP contribution in [0.5, 0.6) is 0 Å². The molecule has 5 rings (SSSR count). The summed E-state index contributed by atoms with van der Waals surface area (Å²) in [5.41, 5.74) is 6.07. The summed E-state index contributed by atoms with van der Waals surface area (Å²) in [6.45, 7) is 11.3. The Morgan fingerprint density at radius 1 is 1.19 bits per heavy atom. The lowest BCUT2D eigenvalue weighted by Crippen LogP contribution is -2.41. The molecular weight excluding hydrogens is 402 g/mol. The molecule has 2 N–H and O–H groups in total. The predicted molar refractivity (Wildman–Crippen MR) is 123 cm³/mol. The molecule has 4 heterocycles. The summed E-state index contributed by atoms with van der Waals surface area (Å²) in [6, 6.07) is 0. The lowest BCUT2D eigenvalue weighted by Gasteiger charge is -2.35. The number of nitrogens with one attached hydrogen (secondary N) is 2. The highest BCUT2D eigenvalue weighted by atomic mass is 15.2. The molecule has 0 saturated heterocycles. The van der Waals surface area contributed by atoms with Crippen LogP contribution < -0.4 is 5.32 Å². The van der Waals surface area contributed by atoms with Crippen LogP contribution in [0.2, 0.25) is 0 Å². The van der Waals surface area contributed by atoms with Crippen molar-refractivity contribution in [3.05, 3.63) is 41.5 Å². The molecule has 0 bridgehead atoms. The van der Waals surface area contributed by atoms with Crippen LogP contribution in [0.15, 0.2) is 18.7 Å². The van der Waals surface area contributed by atoms with Crippen LogP contribution in [-0.2, 0) is 19.4 Å². The van der Waals surface area contributed by atoms with Crippen LogP contribution >= 0.6 is 0 Å². The Morgan fingerprint density at radius 3 is 2.69 bits per heavy atom. The van der Waals surface area contributed by atoms with Crippen molar-refractivity contribution in [3.63, 3.8) is 0 Å². The quantitative estimate of drug-likeness (QED) is 0.494. The summed E-state index contributed by atoms with van der Waals surface area (Å²) >= 11 is 0. The average molecular weight is 432 g/mol. The summed E-state index contributed by atoms with van der Waals surface area (Å²) < 4.78 is 2.09. The SMILES string of the molecule is CCn1c(-c2cnc(C)nc2)nc2c(N[C@]3(C)CCc4[nH]nc(C(C)C)c4C3)ncnc21. The largest absolute Gasteiger partial charge is 0.363 e. The highest BCUT2D eigenvalue weighted by molar-refractivity contribution is 5.86. The Morgan fingerprint density at radius 2 is 1.97 bits per heavy atom. The maximum absolute atomic E-state index is 4.94. The Labute approximate surface area is 187 Å². The number of fused-ring (bicyclic) bond motifs is 2. The van der Waals surface area contributed by atoms with Crippen LogP contribution in [0.25, 0.3) is 22.6 Å². The molecule has 0 radical (unpaired) electrons. The van der Waals surface area contributed by atoms with Crippen molar-refractivity contribution in [3.8, 4) is 11.4 Å². The standard InChI is InChI=1S/C23H29N9/c1-6-32-21(15-10-24-14(4)25-11-15)28-19-20(26-12-27-22(19)32)29-23(5)8-7-17-16(9-23)18(13(2)3)31-30-17/h10-13H,6-9H2,1-5H3,(H,30,31)(H,26,27,29)/t23-/m1/s1. The minimum absolute atomic E-state index is 0.148. The highest BCUT2D eigenvalue weighted by Gasteiger charge is 2.34. The van der Waals surface area contributed by atoms with E-state index in [2.05, 4.69) is 67.7 Å². The van der Waals surface area contributed by atoms with E-state index in [1.54, 1.807) is 6.33 Å². The van der Waals surface area contributed by atoms with E-state index >= 15 is 0 Å². The number of anilines is 1. The van der Waals surface area contributed by atoms with Crippen molar-refractivity contribution >= 4 is 17.0 Å². The molecule has 4 aromatic heterocycles. The fourth-order valence-electron chi connectivity index (χ4n) is 4.63. The number of H-pyrrole nitrogens is 1. The second-order valence-corrected chi connectivity index (χ2v) is 9.18. The van der Waals surface area contributed by atoms with Gasteiger partial charge in [-0.1, -0.05) is 13.8 Å². The first kappa shape index (κ1) is 20.5. The zero-order valence-electron chi connectivity index (χ0n) is 19.3. The van der Waals surface area contributed by atoms with Gasteiger partial charge in [0.15, 0.2) is 17.0 Å². The Balaban J connectivity index is 1.54. The molecule has 1 aliphatic carbocycles. The molecule has 0 aliphatic heterocycles. The van der Waals surface area contributed by atoms with E-state index in [0.29, 0.717) is 5.92 Å². The third-order valence-corrected chi connectivity index (χ3v) is 6.33. The van der Waals surface area contributed by atoms with E-state index in [1.165, 1.54) is 11.3 Å². The third kappa shape index (κ3) is 3.41. The molecule has 0 amide bonds. The van der Waals surface area contributed by atoms with Crippen molar-refractivity contribution in [2.24, 2.45) is 0 Å². The first-order valence-corrected chi connectivity index (χ1v) is 11.2. The van der Waals surface area contributed by atoms with Gasteiger partial charge in [0.25, 0.3) is 0 Å². The Kier molecular flexibility index (Phi) is 4.91. The number of aryl methyl sites for hydroxylation is 3. The zero-order valence-corrected chi connectivity index (χ0v) is 19.3. The molecule has 0 saturated carbocycles.